The van der Waals surface area contributed by atoms with Gasteiger partial charge in [-0.25, -0.2) is 0 Å². The summed E-state index contributed by atoms with van der Waals surface area (Å²) in [5.74, 6) is 1.54. The van der Waals surface area contributed by atoms with Crippen LogP contribution in [0.5, 0.6) is 0 Å². The van der Waals surface area contributed by atoms with Crippen molar-refractivity contribution in [1.82, 2.24) is 5.32 Å². The molecule has 0 spiro atoms. The van der Waals surface area contributed by atoms with Gasteiger partial charge in [-0.05, 0) is 0 Å². The molecule has 1 unspecified atom stereocenters. The standard InChI is InChI=1S/C7H15NO2S/c1-2-11(9)4-3-8-7-5-10-6-7/h7-8H,2-6H2,1H3. The van der Waals surface area contributed by atoms with Crippen molar-refractivity contribution in [2.45, 2.75) is 13.0 Å². The Bertz CT molecular complexity index is 136. The van der Waals surface area contributed by atoms with Crippen LogP contribution in [-0.4, -0.2) is 41.5 Å². The van der Waals surface area contributed by atoms with Crippen molar-refractivity contribution in [2.75, 3.05) is 31.3 Å². The Morgan fingerprint density at radius 2 is 2.36 bits per heavy atom. The minimum atomic E-state index is -0.625. The molecule has 1 heterocycles. The third kappa shape index (κ3) is 3.31. The average Bonchev–Trinajstić information content (AvgIpc) is 1.94. The lowest BCUT2D eigenvalue weighted by Crippen LogP contribution is -2.47. The molecule has 1 rings (SSSR count). The van der Waals surface area contributed by atoms with E-state index in [1.165, 1.54) is 0 Å². The van der Waals surface area contributed by atoms with E-state index in [-0.39, 0.29) is 0 Å². The van der Waals surface area contributed by atoms with Crippen molar-refractivity contribution < 1.29 is 8.95 Å². The molecule has 0 aromatic heterocycles. The molecule has 66 valence electrons. The summed E-state index contributed by atoms with van der Waals surface area (Å²) in [6, 6.07) is 0.517. The first-order chi connectivity index (χ1) is 5.33. The second-order valence-corrected chi connectivity index (χ2v) is 4.49. The van der Waals surface area contributed by atoms with Crippen LogP contribution in [0.1, 0.15) is 6.92 Å². The molecule has 0 bridgehead atoms. The summed E-state index contributed by atoms with van der Waals surface area (Å²) >= 11 is 0. The minimum absolute atomic E-state index is 0.517. The summed E-state index contributed by atoms with van der Waals surface area (Å²) in [6.07, 6.45) is 0. The van der Waals surface area contributed by atoms with Crippen LogP contribution >= 0.6 is 0 Å². The highest BCUT2D eigenvalue weighted by Crippen LogP contribution is 1.98. The van der Waals surface area contributed by atoms with Crippen LogP contribution in [0, 0.1) is 0 Å². The van der Waals surface area contributed by atoms with Crippen molar-refractivity contribution in [2.24, 2.45) is 0 Å². The molecule has 1 atom stereocenters. The van der Waals surface area contributed by atoms with Gasteiger partial charge in [-0.1, -0.05) is 6.92 Å². The second kappa shape index (κ2) is 4.85. The van der Waals surface area contributed by atoms with Crippen LogP contribution < -0.4 is 5.32 Å². The van der Waals surface area contributed by atoms with Crippen LogP contribution in [0.15, 0.2) is 0 Å². The second-order valence-electron chi connectivity index (χ2n) is 2.62. The third-order valence-electron chi connectivity index (χ3n) is 1.72. The number of rotatable bonds is 5. The van der Waals surface area contributed by atoms with E-state index < -0.39 is 10.8 Å². The molecule has 1 saturated heterocycles. The Morgan fingerprint density at radius 1 is 1.64 bits per heavy atom. The molecule has 11 heavy (non-hydrogen) atoms. The Kier molecular flexibility index (Phi) is 4.04. The highest BCUT2D eigenvalue weighted by molar-refractivity contribution is 7.84. The summed E-state index contributed by atoms with van der Waals surface area (Å²) in [5.41, 5.74) is 0. The van der Waals surface area contributed by atoms with E-state index in [4.69, 9.17) is 4.74 Å². The Balaban J connectivity index is 1.90. The zero-order chi connectivity index (χ0) is 8.10. The van der Waals surface area contributed by atoms with Gasteiger partial charge < -0.3 is 10.1 Å². The summed E-state index contributed by atoms with van der Waals surface area (Å²) in [4.78, 5) is 0. The van der Waals surface area contributed by atoms with Gasteiger partial charge in [0.2, 0.25) is 0 Å². The number of hydrogen-bond acceptors (Lipinski definition) is 3. The molecule has 1 aliphatic rings. The maximum Gasteiger partial charge on any atom is 0.0643 e. The predicted octanol–water partition coefficient (Wildman–Crippen LogP) is -0.257. The lowest BCUT2D eigenvalue weighted by Gasteiger charge is -2.26. The van der Waals surface area contributed by atoms with E-state index in [1.807, 2.05) is 6.92 Å². The molecule has 0 amide bonds. The molecule has 0 aromatic rings. The molecular formula is C7H15NO2S. The third-order valence-corrected chi connectivity index (χ3v) is 3.03. The lowest BCUT2D eigenvalue weighted by molar-refractivity contribution is -0.00408. The first-order valence-electron chi connectivity index (χ1n) is 3.99. The summed E-state index contributed by atoms with van der Waals surface area (Å²) in [5, 5.41) is 3.27. The zero-order valence-electron chi connectivity index (χ0n) is 6.84. The Hall–Kier alpha value is 0.0700. The molecule has 1 fully saturated rings. The number of hydrogen-bond donors (Lipinski definition) is 1. The van der Waals surface area contributed by atoms with Crippen molar-refractivity contribution >= 4 is 10.8 Å². The fourth-order valence-electron chi connectivity index (χ4n) is 0.875. The Labute approximate surface area is 70.0 Å². The fraction of sp³-hybridized carbons (Fsp3) is 1.00. The van der Waals surface area contributed by atoms with Crippen LogP contribution in [0.2, 0.25) is 0 Å². The van der Waals surface area contributed by atoms with E-state index in [9.17, 15) is 4.21 Å². The maximum absolute atomic E-state index is 10.9. The average molecular weight is 177 g/mol. The van der Waals surface area contributed by atoms with Gasteiger partial charge in [-0.3, -0.25) is 4.21 Å². The van der Waals surface area contributed by atoms with Gasteiger partial charge in [-0.2, -0.15) is 0 Å². The summed E-state index contributed by atoms with van der Waals surface area (Å²) in [6.45, 7) is 4.44. The molecule has 1 N–H and O–H groups in total. The van der Waals surface area contributed by atoms with Gasteiger partial charge >= 0.3 is 0 Å². The Morgan fingerprint density at radius 3 is 2.82 bits per heavy atom. The van der Waals surface area contributed by atoms with Crippen LogP contribution in [-0.2, 0) is 15.5 Å². The summed E-state index contributed by atoms with van der Waals surface area (Å²) in [7, 11) is -0.625. The van der Waals surface area contributed by atoms with Gasteiger partial charge in [0, 0.05) is 28.9 Å². The number of ether oxygens (including phenoxy) is 1. The smallest absolute Gasteiger partial charge is 0.0643 e. The summed E-state index contributed by atoms with van der Waals surface area (Å²) < 4.78 is 15.9. The lowest BCUT2D eigenvalue weighted by atomic mass is 10.3. The highest BCUT2D eigenvalue weighted by Gasteiger charge is 2.16. The molecule has 3 nitrogen and oxygen atoms in total. The quantitative estimate of drug-likeness (QED) is 0.629. The van der Waals surface area contributed by atoms with E-state index >= 15 is 0 Å². The normalized spacial score (nSPS) is 21.2. The molecule has 0 radical (unpaired) electrons. The van der Waals surface area contributed by atoms with Crippen molar-refractivity contribution in [1.29, 1.82) is 0 Å². The molecule has 0 saturated carbocycles. The number of nitrogens with one attached hydrogen (secondary N) is 1. The zero-order valence-corrected chi connectivity index (χ0v) is 7.65. The van der Waals surface area contributed by atoms with Gasteiger partial charge in [0.15, 0.2) is 0 Å². The molecule has 0 aliphatic carbocycles. The van der Waals surface area contributed by atoms with Crippen molar-refractivity contribution in [3.63, 3.8) is 0 Å². The van der Waals surface area contributed by atoms with E-state index in [0.717, 1.165) is 31.3 Å². The SMILES string of the molecule is CCS(=O)CCNC1COC1. The van der Waals surface area contributed by atoms with Crippen LogP contribution in [0.3, 0.4) is 0 Å². The first-order valence-corrected chi connectivity index (χ1v) is 5.48. The van der Waals surface area contributed by atoms with E-state index in [1.54, 1.807) is 0 Å². The van der Waals surface area contributed by atoms with Gasteiger partial charge in [0.05, 0.1) is 19.3 Å². The van der Waals surface area contributed by atoms with Gasteiger partial charge in [0.25, 0.3) is 0 Å². The molecule has 1 aliphatic heterocycles. The first kappa shape index (κ1) is 9.16. The van der Waals surface area contributed by atoms with Crippen molar-refractivity contribution in [3.8, 4) is 0 Å². The van der Waals surface area contributed by atoms with Crippen LogP contribution in [0.25, 0.3) is 0 Å². The van der Waals surface area contributed by atoms with E-state index in [0.29, 0.717) is 6.04 Å². The fourth-order valence-corrected chi connectivity index (χ4v) is 1.51. The maximum atomic E-state index is 10.9. The van der Waals surface area contributed by atoms with Crippen LogP contribution in [0.4, 0.5) is 0 Å². The minimum Gasteiger partial charge on any atom is -0.378 e. The van der Waals surface area contributed by atoms with Crippen molar-refractivity contribution in [3.05, 3.63) is 0 Å². The molecular weight excluding hydrogens is 162 g/mol. The molecule has 4 heteroatoms. The largest absolute Gasteiger partial charge is 0.378 e. The molecule has 0 aromatic carbocycles. The monoisotopic (exact) mass is 177 g/mol. The predicted molar refractivity (Wildman–Crippen MR) is 46.2 cm³/mol. The van der Waals surface area contributed by atoms with E-state index in [2.05, 4.69) is 5.32 Å². The topological polar surface area (TPSA) is 38.3 Å². The van der Waals surface area contributed by atoms with Gasteiger partial charge in [0.1, 0.15) is 0 Å². The van der Waals surface area contributed by atoms with Gasteiger partial charge in [-0.15, -0.1) is 0 Å². The highest BCUT2D eigenvalue weighted by atomic mass is 32.2.